The monoisotopic (exact) mass is 400 g/mol. The lowest BCUT2D eigenvalue weighted by molar-refractivity contribution is 0.174. The van der Waals surface area contributed by atoms with E-state index >= 15 is 0 Å². The van der Waals surface area contributed by atoms with Crippen molar-refractivity contribution < 1.29 is 22.4 Å². The van der Waals surface area contributed by atoms with Crippen molar-refractivity contribution in [2.45, 2.75) is 31.6 Å². The summed E-state index contributed by atoms with van der Waals surface area (Å²) < 4.78 is 44.9. The molecule has 146 valence electrons. The second-order valence-electron chi connectivity index (χ2n) is 6.91. The van der Waals surface area contributed by atoms with Crippen molar-refractivity contribution in [3.8, 4) is 22.8 Å². The zero-order chi connectivity index (χ0) is 19.9. The first-order valence-electron chi connectivity index (χ1n) is 8.83. The van der Waals surface area contributed by atoms with Gasteiger partial charge in [0.25, 0.3) is 10.0 Å². The zero-order valence-electron chi connectivity index (χ0n) is 15.7. The molecule has 1 aromatic heterocycles. The summed E-state index contributed by atoms with van der Waals surface area (Å²) in [5, 5.41) is 3.88. The number of hydrogen-bond donors (Lipinski definition) is 1. The third-order valence-corrected chi connectivity index (χ3v) is 5.90. The zero-order valence-corrected chi connectivity index (χ0v) is 16.5. The van der Waals surface area contributed by atoms with Gasteiger partial charge in [-0.15, -0.1) is 0 Å². The topological polar surface area (TPSA) is 90.7 Å². The number of hydrogen-bond acceptors (Lipinski definition) is 6. The molecule has 0 saturated carbocycles. The van der Waals surface area contributed by atoms with E-state index in [4.69, 9.17) is 14.0 Å². The maximum atomic E-state index is 13.2. The van der Waals surface area contributed by atoms with E-state index in [1.807, 2.05) is 32.9 Å². The van der Waals surface area contributed by atoms with Gasteiger partial charge in [0, 0.05) is 17.7 Å². The lowest BCUT2D eigenvalue weighted by Crippen LogP contribution is -2.15. The summed E-state index contributed by atoms with van der Waals surface area (Å²) in [5.41, 5.74) is 2.50. The van der Waals surface area contributed by atoms with E-state index in [0.29, 0.717) is 34.1 Å². The van der Waals surface area contributed by atoms with Crippen LogP contribution in [0.3, 0.4) is 0 Å². The molecule has 0 atom stereocenters. The number of rotatable bonds is 5. The van der Waals surface area contributed by atoms with E-state index in [9.17, 15) is 8.42 Å². The van der Waals surface area contributed by atoms with E-state index in [0.717, 1.165) is 5.69 Å². The van der Waals surface area contributed by atoms with Gasteiger partial charge < -0.3 is 14.0 Å². The third-order valence-electron chi connectivity index (χ3n) is 4.46. The highest BCUT2D eigenvalue weighted by Gasteiger charge is 2.23. The van der Waals surface area contributed by atoms with E-state index in [1.54, 1.807) is 30.3 Å². The number of aromatic nitrogens is 1. The van der Waals surface area contributed by atoms with Crippen LogP contribution in [-0.4, -0.2) is 20.4 Å². The Morgan fingerprint density at radius 3 is 2.54 bits per heavy atom. The van der Waals surface area contributed by atoms with Crippen molar-refractivity contribution in [2.24, 2.45) is 0 Å². The van der Waals surface area contributed by atoms with Crippen molar-refractivity contribution in [3.05, 3.63) is 53.7 Å². The van der Waals surface area contributed by atoms with Crippen LogP contribution in [0, 0.1) is 6.92 Å². The van der Waals surface area contributed by atoms with Crippen molar-refractivity contribution in [1.29, 1.82) is 0 Å². The van der Waals surface area contributed by atoms with Crippen LogP contribution in [0.5, 0.6) is 11.5 Å². The number of anilines is 1. The summed E-state index contributed by atoms with van der Waals surface area (Å²) in [6.45, 7) is 5.84. The molecule has 4 rings (SSSR count). The molecule has 28 heavy (non-hydrogen) atoms. The Kier molecular flexibility index (Phi) is 4.50. The minimum atomic E-state index is -3.84. The molecule has 7 nitrogen and oxygen atoms in total. The first-order chi connectivity index (χ1) is 13.3. The van der Waals surface area contributed by atoms with Crippen LogP contribution in [0.15, 0.2) is 51.9 Å². The standard InChI is InChI=1S/C20H20N2O5S/c1-12(2)16-6-4-14(18-8-13(3)21-27-18)9-20(16)28(23,24)22-15-5-7-17-19(10-15)26-11-25-17/h4-10,12,22H,11H2,1-3H3. The predicted molar refractivity (Wildman–Crippen MR) is 104 cm³/mol. The van der Waals surface area contributed by atoms with Gasteiger partial charge in [-0.3, -0.25) is 4.72 Å². The quantitative estimate of drug-likeness (QED) is 0.687. The first kappa shape index (κ1) is 18.4. The Bertz CT molecular complexity index is 1140. The molecule has 0 fully saturated rings. The fourth-order valence-electron chi connectivity index (χ4n) is 3.07. The number of aryl methyl sites for hydroxylation is 1. The van der Waals surface area contributed by atoms with Crippen LogP contribution in [0.25, 0.3) is 11.3 Å². The predicted octanol–water partition coefficient (Wildman–Crippen LogP) is 4.30. The molecule has 0 amide bonds. The van der Waals surface area contributed by atoms with Crippen LogP contribution in [-0.2, 0) is 10.0 Å². The van der Waals surface area contributed by atoms with Gasteiger partial charge in [0.05, 0.1) is 16.3 Å². The molecule has 0 saturated heterocycles. The number of fused-ring (bicyclic) bond motifs is 1. The fraction of sp³-hybridized carbons (Fsp3) is 0.250. The average Bonchev–Trinajstić information content (AvgIpc) is 3.29. The van der Waals surface area contributed by atoms with Crippen LogP contribution < -0.4 is 14.2 Å². The highest BCUT2D eigenvalue weighted by Crippen LogP contribution is 2.36. The van der Waals surface area contributed by atoms with Crippen molar-refractivity contribution in [1.82, 2.24) is 5.16 Å². The Labute approximate surface area is 163 Å². The SMILES string of the molecule is Cc1cc(-c2ccc(C(C)C)c(S(=O)(=O)Nc3ccc4c(c3)OCO4)c2)on1. The molecular weight excluding hydrogens is 380 g/mol. The molecule has 0 spiro atoms. The second kappa shape index (κ2) is 6.87. The van der Waals surface area contributed by atoms with E-state index in [-0.39, 0.29) is 17.6 Å². The molecule has 1 aliphatic heterocycles. The average molecular weight is 400 g/mol. The van der Waals surface area contributed by atoms with Gasteiger partial charge in [0.2, 0.25) is 6.79 Å². The molecule has 8 heteroatoms. The van der Waals surface area contributed by atoms with E-state index in [1.165, 1.54) is 0 Å². The highest BCUT2D eigenvalue weighted by molar-refractivity contribution is 7.92. The minimum absolute atomic E-state index is 0.0221. The largest absolute Gasteiger partial charge is 0.454 e. The number of nitrogens with one attached hydrogen (secondary N) is 1. The van der Waals surface area contributed by atoms with Crippen LogP contribution in [0.1, 0.15) is 31.0 Å². The van der Waals surface area contributed by atoms with Gasteiger partial charge in [-0.1, -0.05) is 31.1 Å². The normalized spacial score (nSPS) is 13.1. The Hall–Kier alpha value is -3.00. The molecule has 2 heterocycles. The second-order valence-corrected chi connectivity index (χ2v) is 8.56. The van der Waals surface area contributed by atoms with Crippen molar-refractivity contribution in [2.75, 3.05) is 11.5 Å². The van der Waals surface area contributed by atoms with Crippen LogP contribution >= 0.6 is 0 Å². The number of benzene rings is 2. The number of sulfonamides is 1. The molecule has 3 aromatic rings. The summed E-state index contributed by atoms with van der Waals surface area (Å²) in [6.07, 6.45) is 0. The van der Waals surface area contributed by atoms with Gasteiger partial charge in [-0.05, 0) is 36.6 Å². The molecule has 1 N–H and O–H groups in total. The lowest BCUT2D eigenvalue weighted by atomic mass is 10.0. The van der Waals surface area contributed by atoms with Crippen molar-refractivity contribution >= 4 is 15.7 Å². The number of ether oxygens (including phenoxy) is 2. The summed E-state index contributed by atoms with van der Waals surface area (Å²) in [4.78, 5) is 0.201. The van der Waals surface area contributed by atoms with Gasteiger partial charge in [-0.25, -0.2) is 8.42 Å². The third kappa shape index (κ3) is 3.43. The molecule has 0 unspecified atom stereocenters. The maximum absolute atomic E-state index is 13.2. The molecule has 2 aromatic carbocycles. The Morgan fingerprint density at radius 1 is 1.04 bits per heavy atom. The minimum Gasteiger partial charge on any atom is -0.454 e. The van der Waals surface area contributed by atoms with Gasteiger partial charge >= 0.3 is 0 Å². The van der Waals surface area contributed by atoms with E-state index in [2.05, 4.69) is 9.88 Å². The summed E-state index contributed by atoms with van der Waals surface area (Å²) in [6, 6.07) is 12.0. The Balaban J connectivity index is 1.74. The first-order valence-corrected chi connectivity index (χ1v) is 10.3. The van der Waals surface area contributed by atoms with Crippen LogP contribution in [0.4, 0.5) is 5.69 Å². The van der Waals surface area contributed by atoms with E-state index < -0.39 is 10.0 Å². The smallest absolute Gasteiger partial charge is 0.262 e. The molecular formula is C20H20N2O5S. The summed E-state index contributed by atoms with van der Waals surface area (Å²) in [7, 11) is -3.84. The maximum Gasteiger partial charge on any atom is 0.262 e. The van der Waals surface area contributed by atoms with Crippen LogP contribution in [0.2, 0.25) is 0 Å². The molecule has 0 aliphatic carbocycles. The Morgan fingerprint density at radius 2 is 1.82 bits per heavy atom. The van der Waals surface area contributed by atoms with Crippen molar-refractivity contribution in [3.63, 3.8) is 0 Å². The van der Waals surface area contributed by atoms with Gasteiger partial charge in [0.15, 0.2) is 17.3 Å². The molecule has 0 bridgehead atoms. The molecule has 1 aliphatic rings. The lowest BCUT2D eigenvalue weighted by Gasteiger charge is -2.16. The summed E-state index contributed by atoms with van der Waals surface area (Å²) in [5.74, 6) is 1.64. The molecule has 0 radical (unpaired) electrons. The fourth-order valence-corrected chi connectivity index (χ4v) is 4.51. The highest BCUT2D eigenvalue weighted by atomic mass is 32.2. The van der Waals surface area contributed by atoms with Gasteiger partial charge in [-0.2, -0.15) is 0 Å². The summed E-state index contributed by atoms with van der Waals surface area (Å²) >= 11 is 0. The van der Waals surface area contributed by atoms with Gasteiger partial charge in [0.1, 0.15) is 0 Å². The number of nitrogens with zero attached hydrogens (tertiary/aromatic N) is 1.